The zero-order chi connectivity index (χ0) is 14.0. The van der Waals surface area contributed by atoms with Crippen LogP contribution in [0, 0.1) is 11.8 Å². The molecule has 2 atom stereocenters. The zero-order valence-electron chi connectivity index (χ0n) is 11.5. The molecule has 2 N–H and O–H groups in total. The quantitative estimate of drug-likeness (QED) is 0.883. The molecule has 0 spiro atoms. The molecule has 6 heteroatoms. The van der Waals surface area contributed by atoms with E-state index in [9.17, 15) is 4.79 Å². The molecule has 1 aromatic carbocycles. The third kappa shape index (κ3) is 4.01. The minimum absolute atomic E-state index is 0. The van der Waals surface area contributed by atoms with E-state index in [1.54, 1.807) is 18.2 Å². The Bertz CT molecular complexity index is 477. The fourth-order valence-electron chi connectivity index (χ4n) is 2.15. The number of hydrogen-bond acceptors (Lipinski definition) is 2. The SMILES string of the molecule is CC(NC(=O)C(C)C1CNC1)c1cc(Cl)ccc1Cl.Cl. The van der Waals surface area contributed by atoms with Crippen molar-refractivity contribution in [3.05, 3.63) is 33.8 Å². The standard InChI is InChI=1S/C14H18Cl2N2O.ClH/c1-8(10-6-17-7-10)14(19)18-9(2)12-5-11(15)3-4-13(12)16;/h3-5,8-10,17H,6-7H2,1-2H3,(H,18,19);1H. The molecule has 0 aliphatic carbocycles. The lowest BCUT2D eigenvalue weighted by molar-refractivity contribution is -0.127. The van der Waals surface area contributed by atoms with Crippen molar-refractivity contribution in [1.82, 2.24) is 10.6 Å². The lowest BCUT2D eigenvalue weighted by Gasteiger charge is -2.32. The Labute approximate surface area is 135 Å². The van der Waals surface area contributed by atoms with Crippen LogP contribution in [0.15, 0.2) is 18.2 Å². The van der Waals surface area contributed by atoms with Crippen molar-refractivity contribution >= 4 is 41.5 Å². The van der Waals surface area contributed by atoms with E-state index in [0.717, 1.165) is 18.7 Å². The average molecular weight is 338 g/mol. The molecule has 20 heavy (non-hydrogen) atoms. The van der Waals surface area contributed by atoms with Crippen LogP contribution in [0.1, 0.15) is 25.5 Å². The number of halogens is 3. The highest BCUT2D eigenvalue weighted by molar-refractivity contribution is 6.33. The van der Waals surface area contributed by atoms with Gasteiger partial charge in [0.1, 0.15) is 0 Å². The lowest BCUT2D eigenvalue weighted by atomic mass is 9.88. The van der Waals surface area contributed by atoms with Gasteiger partial charge >= 0.3 is 0 Å². The second-order valence-corrected chi connectivity index (χ2v) is 5.95. The first-order chi connectivity index (χ1) is 8.99. The monoisotopic (exact) mass is 336 g/mol. The first-order valence-electron chi connectivity index (χ1n) is 6.45. The first-order valence-corrected chi connectivity index (χ1v) is 7.20. The van der Waals surface area contributed by atoms with Gasteiger partial charge in [0, 0.05) is 16.0 Å². The Hall–Kier alpha value is -0.480. The van der Waals surface area contributed by atoms with Crippen LogP contribution in [-0.2, 0) is 4.79 Å². The molecule has 1 fully saturated rings. The second-order valence-electron chi connectivity index (χ2n) is 5.10. The maximum atomic E-state index is 12.1. The van der Waals surface area contributed by atoms with Crippen molar-refractivity contribution in [2.24, 2.45) is 11.8 Å². The van der Waals surface area contributed by atoms with Gasteiger partial charge in [0.05, 0.1) is 6.04 Å². The first kappa shape index (κ1) is 17.6. The smallest absolute Gasteiger partial charge is 0.223 e. The van der Waals surface area contributed by atoms with E-state index in [4.69, 9.17) is 23.2 Å². The van der Waals surface area contributed by atoms with Gasteiger partial charge in [-0.2, -0.15) is 0 Å². The molecule has 0 aromatic heterocycles. The van der Waals surface area contributed by atoms with Crippen LogP contribution in [0.2, 0.25) is 10.0 Å². The van der Waals surface area contributed by atoms with Crippen LogP contribution in [-0.4, -0.2) is 19.0 Å². The predicted octanol–water partition coefficient (Wildman–Crippen LogP) is 3.45. The molecule has 1 amide bonds. The van der Waals surface area contributed by atoms with Gasteiger partial charge in [0.25, 0.3) is 0 Å². The maximum Gasteiger partial charge on any atom is 0.223 e. The van der Waals surface area contributed by atoms with Gasteiger partial charge in [-0.05, 0) is 49.7 Å². The van der Waals surface area contributed by atoms with E-state index in [1.165, 1.54) is 0 Å². The van der Waals surface area contributed by atoms with E-state index in [-0.39, 0.29) is 30.3 Å². The molecule has 0 saturated carbocycles. The summed E-state index contributed by atoms with van der Waals surface area (Å²) in [4.78, 5) is 12.1. The van der Waals surface area contributed by atoms with E-state index in [1.807, 2.05) is 13.8 Å². The Morgan fingerprint density at radius 3 is 2.55 bits per heavy atom. The molecule has 0 radical (unpaired) electrons. The van der Waals surface area contributed by atoms with Gasteiger partial charge in [0.15, 0.2) is 0 Å². The Morgan fingerprint density at radius 1 is 1.35 bits per heavy atom. The van der Waals surface area contributed by atoms with Crippen LogP contribution in [0.3, 0.4) is 0 Å². The van der Waals surface area contributed by atoms with E-state index in [0.29, 0.717) is 16.0 Å². The molecular weight excluding hydrogens is 319 g/mol. The van der Waals surface area contributed by atoms with Crippen LogP contribution in [0.4, 0.5) is 0 Å². The van der Waals surface area contributed by atoms with Gasteiger partial charge in [-0.15, -0.1) is 12.4 Å². The van der Waals surface area contributed by atoms with Gasteiger partial charge < -0.3 is 10.6 Å². The van der Waals surface area contributed by atoms with Crippen LogP contribution in [0.25, 0.3) is 0 Å². The zero-order valence-corrected chi connectivity index (χ0v) is 13.8. The fourth-order valence-corrected chi connectivity index (χ4v) is 2.61. The van der Waals surface area contributed by atoms with Gasteiger partial charge in [-0.3, -0.25) is 4.79 Å². The number of amides is 1. The largest absolute Gasteiger partial charge is 0.349 e. The highest BCUT2D eigenvalue weighted by Crippen LogP contribution is 2.27. The highest BCUT2D eigenvalue weighted by Gasteiger charge is 2.29. The fraction of sp³-hybridized carbons (Fsp3) is 0.500. The highest BCUT2D eigenvalue weighted by atomic mass is 35.5. The molecule has 1 saturated heterocycles. The van der Waals surface area contributed by atoms with Crippen LogP contribution < -0.4 is 10.6 Å². The predicted molar refractivity (Wildman–Crippen MR) is 85.8 cm³/mol. The Balaban J connectivity index is 0.00000200. The van der Waals surface area contributed by atoms with Crippen LogP contribution in [0.5, 0.6) is 0 Å². The van der Waals surface area contributed by atoms with Crippen LogP contribution >= 0.6 is 35.6 Å². The van der Waals surface area contributed by atoms with Gasteiger partial charge in [0.2, 0.25) is 5.91 Å². The molecule has 3 nitrogen and oxygen atoms in total. The van der Waals surface area contributed by atoms with E-state index >= 15 is 0 Å². The topological polar surface area (TPSA) is 41.1 Å². The van der Waals surface area contributed by atoms with Crippen molar-refractivity contribution in [1.29, 1.82) is 0 Å². The van der Waals surface area contributed by atoms with E-state index in [2.05, 4.69) is 10.6 Å². The summed E-state index contributed by atoms with van der Waals surface area (Å²) in [5.74, 6) is 0.513. The third-order valence-electron chi connectivity index (χ3n) is 3.72. The second kappa shape index (κ2) is 7.51. The molecule has 2 rings (SSSR count). The number of nitrogens with one attached hydrogen (secondary N) is 2. The molecule has 1 aliphatic heterocycles. The van der Waals surface area contributed by atoms with Crippen molar-refractivity contribution in [3.8, 4) is 0 Å². The van der Waals surface area contributed by atoms with Gasteiger partial charge in [-0.1, -0.05) is 30.1 Å². The normalized spacial score (nSPS) is 17.6. The Kier molecular flexibility index (Phi) is 6.59. The summed E-state index contributed by atoms with van der Waals surface area (Å²) in [7, 11) is 0. The molecule has 0 bridgehead atoms. The number of carbonyl (C=O) groups excluding carboxylic acids is 1. The molecule has 112 valence electrons. The molecule has 1 aromatic rings. The summed E-state index contributed by atoms with van der Waals surface area (Å²) in [5.41, 5.74) is 0.849. The van der Waals surface area contributed by atoms with Crippen molar-refractivity contribution in [2.75, 3.05) is 13.1 Å². The average Bonchev–Trinajstić information content (AvgIpc) is 2.29. The molecule has 2 unspecified atom stereocenters. The Morgan fingerprint density at radius 2 is 2.00 bits per heavy atom. The minimum atomic E-state index is -0.144. The summed E-state index contributed by atoms with van der Waals surface area (Å²) >= 11 is 12.1. The summed E-state index contributed by atoms with van der Waals surface area (Å²) in [6.45, 7) is 5.72. The number of benzene rings is 1. The summed E-state index contributed by atoms with van der Waals surface area (Å²) in [6, 6.07) is 5.14. The number of hydrogen-bond donors (Lipinski definition) is 2. The summed E-state index contributed by atoms with van der Waals surface area (Å²) in [5, 5.41) is 7.43. The molecular formula is C14H19Cl3N2O. The lowest BCUT2D eigenvalue weighted by Crippen LogP contribution is -2.49. The van der Waals surface area contributed by atoms with Crippen molar-refractivity contribution in [3.63, 3.8) is 0 Å². The van der Waals surface area contributed by atoms with Gasteiger partial charge in [-0.25, -0.2) is 0 Å². The van der Waals surface area contributed by atoms with E-state index < -0.39 is 0 Å². The molecule has 1 aliphatic rings. The molecule has 1 heterocycles. The third-order valence-corrected chi connectivity index (χ3v) is 4.30. The minimum Gasteiger partial charge on any atom is -0.349 e. The van der Waals surface area contributed by atoms with Crippen molar-refractivity contribution in [2.45, 2.75) is 19.9 Å². The number of rotatable bonds is 4. The summed E-state index contributed by atoms with van der Waals surface area (Å²) in [6.07, 6.45) is 0. The maximum absolute atomic E-state index is 12.1. The summed E-state index contributed by atoms with van der Waals surface area (Å²) < 4.78 is 0. The van der Waals surface area contributed by atoms with Crippen molar-refractivity contribution < 1.29 is 4.79 Å². The number of carbonyl (C=O) groups is 1.